The van der Waals surface area contributed by atoms with E-state index in [9.17, 15) is 0 Å². The highest BCUT2D eigenvalue weighted by molar-refractivity contribution is 5.60. The summed E-state index contributed by atoms with van der Waals surface area (Å²) in [7, 11) is 1.61. The van der Waals surface area contributed by atoms with Crippen LogP contribution >= 0.6 is 0 Å². The van der Waals surface area contributed by atoms with Crippen LogP contribution in [-0.2, 0) is 6.54 Å². The molecule has 0 radical (unpaired) electrons. The third kappa shape index (κ3) is 2.90. The maximum atomic E-state index is 5.52. The highest BCUT2D eigenvalue weighted by Crippen LogP contribution is 2.31. The summed E-state index contributed by atoms with van der Waals surface area (Å²) in [6.45, 7) is 6.65. The van der Waals surface area contributed by atoms with E-state index in [4.69, 9.17) is 9.47 Å². The summed E-state index contributed by atoms with van der Waals surface area (Å²) < 4.78 is 10.8. The van der Waals surface area contributed by atoms with Crippen LogP contribution in [0.3, 0.4) is 0 Å². The van der Waals surface area contributed by atoms with E-state index < -0.39 is 0 Å². The maximum absolute atomic E-state index is 5.52. The minimum Gasteiger partial charge on any atom is -0.493 e. The largest absolute Gasteiger partial charge is 0.493 e. The Morgan fingerprint density at radius 2 is 2.21 bits per heavy atom. The molecule has 1 aromatic heterocycles. The number of methoxy groups -OCH3 is 1. The molecule has 0 aliphatic rings. The van der Waals surface area contributed by atoms with E-state index in [1.165, 1.54) is 4.80 Å². The van der Waals surface area contributed by atoms with Gasteiger partial charge in [0.25, 0.3) is 0 Å². The number of nitrogens with zero attached hydrogens (tertiary/aromatic N) is 4. The lowest BCUT2D eigenvalue weighted by atomic mass is 10.2. The van der Waals surface area contributed by atoms with E-state index in [1.54, 1.807) is 13.2 Å². The second kappa shape index (κ2) is 5.99. The molecule has 0 saturated heterocycles. The van der Waals surface area contributed by atoms with Crippen molar-refractivity contribution in [2.75, 3.05) is 13.7 Å². The van der Waals surface area contributed by atoms with Crippen molar-refractivity contribution in [3.8, 4) is 22.9 Å². The molecule has 0 aliphatic carbocycles. The molecule has 0 aliphatic heterocycles. The molecular formula is C13H16N4O2. The quantitative estimate of drug-likeness (QED) is 0.743. The van der Waals surface area contributed by atoms with Crippen molar-refractivity contribution in [2.24, 2.45) is 0 Å². The van der Waals surface area contributed by atoms with Gasteiger partial charge < -0.3 is 9.47 Å². The topological polar surface area (TPSA) is 62.1 Å². The number of tetrazole rings is 1. The third-order valence-corrected chi connectivity index (χ3v) is 2.47. The Morgan fingerprint density at radius 3 is 2.89 bits per heavy atom. The SMILES string of the molecule is C=CCn1nnc(-c2ccc(OC)c(OCC)c2)n1. The summed E-state index contributed by atoms with van der Waals surface area (Å²) in [5.74, 6) is 1.90. The number of benzene rings is 1. The Morgan fingerprint density at radius 1 is 1.37 bits per heavy atom. The van der Waals surface area contributed by atoms with Gasteiger partial charge in [-0.25, -0.2) is 0 Å². The first-order chi connectivity index (χ1) is 9.28. The van der Waals surface area contributed by atoms with Crippen LogP contribution < -0.4 is 9.47 Å². The van der Waals surface area contributed by atoms with Crippen molar-refractivity contribution in [3.63, 3.8) is 0 Å². The van der Waals surface area contributed by atoms with Gasteiger partial charge in [0.1, 0.15) is 0 Å². The van der Waals surface area contributed by atoms with Crippen molar-refractivity contribution in [1.29, 1.82) is 0 Å². The number of aromatic nitrogens is 4. The molecule has 2 aromatic rings. The van der Waals surface area contributed by atoms with Crippen LogP contribution in [0.2, 0.25) is 0 Å². The molecule has 0 unspecified atom stereocenters. The molecule has 19 heavy (non-hydrogen) atoms. The summed E-state index contributed by atoms with van der Waals surface area (Å²) >= 11 is 0. The Balaban J connectivity index is 2.32. The van der Waals surface area contributed by atoms with Crippen LogP contribution in [0.1, 0.15) is 6.92 Å². The van der Waals surface area contributed by atoms with Crippen LogP contribution in [0, 0.1) is 0 Å². The zero-order valence-electron chi connectivity index (χ0n) is 11.0. The first-order valence-electron chi connectivity index (χ1n) is 5.98. The standard InChI is InChI=1S/C13H16N4O2/c1-4-8-17-15-13(14-16-17)10-6-7-11(18-3)12(9-10)19-5-2/h4,6-7,9H,1,5,8H2,2-3H3. The normalized spacial score (nSPS) is 10.2. The van der Waals surface area contributed by atoms with E-state index in [-0.39, 0.29) is 0 Å². The van der Waals surface area contributed by atoms with E-state index in [0.29, 0.717) is 30.5 Å². The van der Waals surface area contributed by atoms with Gasteiger partial charge in [0.05, 0.1) is 20.3 Å². The van der Waals surface area contributed by atoms with E-state index in [2.05, 4.69) is 22.0 Å². The van der Waals surface area contributed by atoms with E-state index in [0.717, 1.165) is 5.56 Å². The van der Waals surface area contributed by atoms with Crippen molar-refractivity contribution in [2.45, 2.75) is 13.5 Å². The average molecular weight is 260 g/mol. The molecule has 0 spiro atoms. The second-order valence-electron chi connectivity index (χ2n) is 3.76. The molecule has 0 saturated carbocycles. The van der Waals surface area contributed by atoms with Gasteiger partial charge in [-0.05, 0) is 30.3 Å². The van der Waals surface area contributed by atoms with Gasteiger partial charge in [-0.15, -0.1) is 16.8 Å². The highest BCUT2D eigenvalue weighted by atomic mass is 16.5. The van der Waals surface area contributed by atoms with Gasteiger partial charge in [-0.3, -0.25) is 0 Å². The molecule has 2 rings (SSSR count). The number of allylic oxidation sites excluding steroid dienone is 1. The molecule has 0 fully saturated rings. The first-order valence-corrected chi connectivity index (χ1v) is 5.98. The molecule has 0 amide bonds. The predicted molar refractivity (Wildman–Crippen MR) is 71.2 cm³/mol. The van der Waals surface area contributed by atoms with Gasteiger partial charge in [-0.1, -0.05) is 6.08 Å². The minimum absolute atomic E-state index is 0.529. The lowest BCUT2D eigenvalue weighted by Gasteiger charge is -2.09. The summed E-state index contributed by atoms with van der Waals surface area (Å²) in [5.41, 5.74) is 0.833. The smallest absolute Gasteiger partial charge is 0.205 e. The molecule has 1 heterocycles. The Kier molecular flexibility index (Phi) is 4.12. The third-order valence-electron chi connectivity index (χ3n) is 2.47. The summed E-state index contributed by atoms with van der Waals surface area (Å²) in [6.07, 6.45) is 1.71. The molecule has 0 N–H and O–H groups in total. The Bertz CT molecular complexity index is 566. The molecule has 1 aromatic carbocycles. The summed E-state index contributed by atoms with van der Waals surface area (Å²) in [6, 6.07) is 5.54. The first kappa shape index (κ1) is 13.1. The lowest BCUT2D eigenvalue weighted by molar-refractivity contribution is 0.311. The number of ether oxygens (including phenoxy) is 2. The van der Waals surface area contributed by atoms with Gasteiger partial charge in [0.2, 0.25) is 5.82 Å². The van der Waals surface area contributed by atoms with Gasteiger partial charge in [-0.2, -0.15) is 4.80 Å². The highest BCUT2D eigenvalue weighted by Gasteiger charge is 2.10. The zero-order valence-corrected chi connectivity index (χ0v) is 11.0. The molecular weight excluding hydrogens is 244 g/mol. The average Bonchev–Trinajstić information content (AvgIpc) is 2.88. The van der Waals surface area contributed by atoms with Crippen molar-refractivity contribution in [1.82, 2.24) is 20.2 Å². The van der Waals surface area contributed by atoms with Crippen LogP contribution in [-0.4, -0.2) is 33.9 Å². The molecule has 100 valence electrons. The Hall–Kier alpha value is -2.37. The lowest BCUT2D eigenvalue weighted by Crippen LogP contribution is -1.99. The Labute approximate surface area is 111 Å². The molecule has 0 atom stereocenters. The van der Waals surface area contributed by atoms with E-state index >= 15 is 0 Å². The van der Waals surface area contributed by atoms with Gasteiger partial charge in [0, 0.05) is 5.56 Å². The van der Waals surface area contributed by atoms with Gasteiger partial charge in [0.15, 0.2) is 11.5 Å². The van der Waals surface area contributed by atoms with Crippen LogP contribution in [0.4, 0.5) is 0 Å². The monoisotopic (exact) mass is 260 g/mol. The summed E-state index contributed by atoms with van der Waals surface area (Å²) in [4.78, 5) is 1.48. The fraction of sp³-hybridized carbons (Fsp3) is 0.308. The van der Waals surface area contributed by atoms with Crippen LogP contribution in [0.25, 0.3) is 11.4 Å². The van der Waals surface area contributed by atoms with Crippen molar-refractivity contribution >= 4 is 0 Å². The van der Waals surface area contributed by atoms with Crippen molar-refractivity contribution in [3.05, 3.63) is 30.9 Å². The number of hydrogen-bond donors (Lipinski definition) is 0. The van der Waals surface area contributed by atoms with Crippen molar-refractivity contribution < 1.29 is 9.47 Å². The van der Waals surface area contributed by atoms with Gasteiger partial charge >= 0.3 is 0 Å². The minimum atomic E-state index is 0.529. The second-order valence-corrected chi connectivity index (χ2v) is 3.76. The molecule has 6 heteroatoms. The maximum Gasteiger partial charge on any atom is 0.205 e. The number of rotatable bonds is 6. The fourth-order valence-corrected chi connectivity index (χ4v) is 1.64. The molecule has 6 nitrogen and oxygen atoms in total. The fourth-order valence-electron chi connectivity index (χ4n) is 1.64. The van der Waals surface area contributed by atoms with Crippen LogP contribution in [0.15, 0.2) is 30.9 Å². The van der Waals surface area contributed by atoms with E-state index in [1.807, 2.05) is 25.1 Å². The van der Waals surface area contributed by atoms with Crippen LogP contribution in [0.5, 0.6) is 11.5 Å². The number of hydrogen-bond acceptors (Lipinski definition) is 5. The molecule has 0 bridgehead atoms. The predicted octanol–water partition coefficient (Wildman–Crippen LogP) is 1.93. The zero-order chi connectivity index (χ0) is 13.7. The summed E-state index contributed by atoms with van der Waals surface area (Å²) in [5, 5.41) is 12.2.